The normalized spacial score (nSPS) is 9.50. The summed E-state index contributed by atoms with van der Waals surface area (Å²) in [5, 5.41) is 5.74. The molecule has 0 atom stereocenters. The molecule has 0 unspecified atom stereocenters. The summed E-state index contributed by atoms with van der Waals surface area (Å²) < 4.78 is 9.71. The van der Waals surface area contributed by atoms with E-state index in [0.29, 0.717) is 16.5 Å². The van der Waals surface area contributed by atoms with Crippen molar-refractivity contribution in [2.24, 2.45) is 0 Å². The number of benzene rings is 1. The Morgan fingerprint density at radius 2 is 2.22 bits per heavy atom. The third-order valence-electron chi connectivity index (χ3n) is 1.90. The summed E-state index contributed by atoms with van der Waals surface area (Å²) in [5.74, 6) is 0.562. The van der Waals surface area contributed by atoms with Crippen molar-refractivity contribution >= 4 is 40.7 Å². The number of anilines is 1. The van der Waals surface area contributed by atoms with E-state index in [4.69, 9.17) is 28.6 Å². The molecule has 1 amide bonds. The van der Waals surface area contributed by atoms with Gasteiger partial charge in [0.2, 0.25) is 0 Å². The minimum Gasteiger partial charge on any atom is -0.495 e. The molecule has 0 aliphatic rings. The van der Waals surface area contributed by atoms with Gasteiger partial charge in [0.1, 0.15) is 5.75 Å². The zero-order chi connectivity index (χ0) is 13.5. The lowest BCUT2D eigenvalue weighted by Crippen LogP contribution is -2.34. The molecule has 2 N–H and O–H groups in total. The van der Waals surface area contributed by atoms with Gasteiger partial charge in [-0.15, -0.1) is 0 Å². The van der Waals surface area contributed by atoms with Crippen LogP contribution in [-0.2, 0) is 4.74 Å². The zero-order valence-electron chi connectivity index (χ0n) is 9.95. The van der Waals surface area contributed by atoms with Crippen molar-refractivity contribution in [1.29, 1.82) is 0 Å². The Labute approximate surface area is 115 Å². The topological polar surface area (TPSA) is 59.6 Å². The number of halogens is 1. The number of ether oxygens (including phenoxy) is 2. The molecule has 1 rings (SSSR count). The van der Waals surface area contributed by atoms with Gasteiger partial charge in [-0.2, -0.15) is 0 Å². The molecular weight excluding hydrogens is 276 g/mol. The van der Waals surface area contributed by atoms with Crippen LogP contribution in [0.4, 0.5) is 10.5 Å². The molecule has 7 heteroatoms. The molecular formula is C11H13ClN2O3S. The Morgan fingerprint density at radius 1 is 1.50 bits per heavy atom. The number of thiocarbonyl (C=S) groups is 1. The van der Waals surface area contributed by atoms with Crippen molar-refractivity contribution in [3.8, 4) is 5.75 Å². The molecule has 1 aromatic rings. The molecule has 0 saturated carbocycles. The van der Waals surface area contributed by atoms with Crippen LogP contribution < -0.4 is 15.4 Å². The van der Waals surface area contributed by atoms with Gasteiger partial charge >= 0.3 is 6.09 Å². The minimum absolute atomic E-state index is 0.134. The van der Waals surface area contributed by atoms with Crippen LogP contribution in [0.15, 0.2) is 18.2 Å². The number of carbonyl (C=O) groups is 1. The van der Waals surface area contributed by atoms with E-state index in [-0.39, 0.29) is 11.7 Å². The third-order valence-corrected chi connectivity index (χ3v) is 2.40. The van der Waals surface area contributed by atoms with E-state index >= 15 is 0 Å². The van der Waals surface area contributed by atoms with Crippen LogP contribution in [0.2, 0.25) is 5.02 Å². The van der Waals surface area contributed by atoms with Crippen LogP contribution in [-0.4, -0.2) is 24.9 Å². The lowest BCUT2D eigenvalue weighted by Gasteiger charge is -2.10. The Bertz CT molecular complexity index is 454. The summed E-state index contributed by atoms with van der Waals surface area (Å²) in [6.07, 6.45) is -0.602. The van der Waals surface area contributed by atoms with Gasteiger partial charge in [0, 0.05) is 5.69 Å². The second-order valence-electron chi connectivity index (χ2n) is 3.15. The first-order chi connectivity index (χ1) is 8.56. The van der Waals surface area contributed by atoms with E-state index < -0.39 is 6.09 Å². The molecule has 18 heavy (non-hydrogen) atoms. The number of rotatable bonds is 3. The molecule has 0 saturated heterocycles. The number of hydrogen-bond donors (Lipinski definition) is 2. The van der Waals surface area contributed by atoms with Crippen LogP contribution in [0.5, 0.6) is 5.75 Å². The van der Waals surface area contributed by atoms with Gasteiger partial charge in [-0.05, 0) is 37.3 Å². The Morgan fingerprint density at radius 3 is 2.78 bits per heavy atom. The third kappa shape index (κ3) is 4.38. The predicted octanol–water partition coefficient (Wildman–Crippen LogP) is 2.79. The fourth-order valence-electron chi connectivity index (χ4n) is 1.17. The smallest absolute Gasteiger partial charge is 0.413 e. The lowest BCUT2D eigenvalue weighted by molar-refractivity contribution is 0.158. The van der Waals surface area contributed by atoms with E-state index in [9.17, 15) is 4.79 Å². The highest BCUT2D eigenvalue weighted by Gasteiger charge is 2.06. The van der Waals surface area contributed by atoms with Crippen LogP contribution in [0.1, 0.15) is 6.92 Å². The molecule has 5 nitrogen and oxygen atoms in total. The van der Waals surface area contributed by atoms with Crippen LogP contribution in [0, 0.1) is 0 Å². The van der Waals surface area contributed by atoms with Gasteiger partial charge in [0.05, 0.1) is 18.7 Å². The summed E-state index contributed by atoms with van der Waals surface area (Å²) >= 11 is 10.9. The largest absolute Gasteiger partial charge is 0.495 e. The van der Waals surface area contributed by atoms with Crippen LogP contribution >= 0.6 is 23.8 Å². The summed E-state index contributed by atoms with van der Waals surface area (Å²) in [6.45, 7) is 1.99. The molecule has 98 valence electrons. The standard InChI is InChI=1S/C11H13ClN2O3S/c1-3-17-11(15)14-10(18)13-7-4-5-9(16-2)8(12)6-7/h4-6H,3H2,1-2H3,(H2,13,14,15,18). The Hall–Kier alpha value is -1.53. The fraction of sp³-hybridized carbons (Fsp3) is 0.273. The molecule has 0 fully saturated rings. The van der Waals surface area contributed by atoms with Gasteiger partial charge in [-0.1, -0.05) is 11.6 Å². The van der Waals surface area contributed by atoms with Gasteiger partial charge in [0.25, 0.3) is 0 Å². The minimum atomic E-state index is -0.602. The second kappa shape index (κ2) is 7.03. The maximum atomic E-state index is 11.1. The Kier molecular flexibility index (Phi) is 5.67. The first-order valence-corrected chi connectivity index (χ1v) is 5.93. The highest BCUT2D eigenvalue weighted by atomic mass is 35.5. The molecule has 0 aliphatic carbocycles. The van der Waals surface area contributed by atoms with Crippen molar-refractivity contribution < 1.29 is 14.3 Å². The van der Waals surface area contributed by atoms with E-state index in [1.165, 1.54) is 7.11 Å². The molecule has 0 bridgehead atoms. The van der Waals surface area contributed by atoms with E-state index in [2.05, 4.69) is 15.4 Å². The molecule has 0 aliphatic heterocycles. The van der Waals surface area contributed by atoms with Crippen molar-refractivity contribution in [2.75, 3.05) is 19.0 Å². The van der Waals surface area contributed by atoms with Crippen molar-refractivity contribution in [1.82, 2.24) is 5.32 Å². The van der Waals surface area contributed by atoms with E-state index in [0.717, 1.165) is 0 Å². The lowest BCUT2D eigenvalue weighted by atomic mass is 10.3. The average molecular weight is 289 g/mol. The number of alkyl carbamates (subject to hydrolysis) is 1. The maximum absolute atomic E-state index is 11.1. The highest BCUT2D eigenvalue weighted by molar-refractivity contribution is 7.80. The maximum Gasteiger partial charge on any atom is 0.413 e. The van der Waals surface area contributed by atoms with Crippen molar-refractivity contribution in [2.45, 2.75) is 6.92 Å². The van der Waals surface area contributed by atoms with Gasteiger partial charge in [-0.3, -0.25) is 5.32 Å². The Balaban J connectivity index is 2.59. The number of amides is 1. The molecule has 1 aromatic carbocycles. The quantitative estimate of drug-likeness (QED) is 0.838. The monoisotopic (exact) mass is 288 g/mol. The van der Waals surface area contributed by atoms with Gasteiger partial charge in [0.15, 0.2) is 5.11 Å². The zero-order valence-corrected chi connectivity index (χ0v) is 11.5. The highest BCUT2D eigenvalue weighted by Crippen LogP contribution is 2.27. The second-order valence-corrected chi connectivity index (χ2v) is 3.96. The van der Waals surface area contributed by atoms with Crippen LogP contribution in [0.25, 0.3) is 0 Å². The SMILES string of the molecule is CCOC(=O)NC(=S)Nc1ccc(OC)c(Cl)c1. The summed E-state index contributed by atoms with van der Waals surface area (Å²) in [7, 11) is 1.53. The van der Waals surface area contributed by atoms with E-state index in [1.54, 1.807) is 25.1 Å². The summed E-state index contributed by atoms with van der Waals surface area (Å²) in [5.41, 5.74) is 0.641. The first kappa shape index (κ1) is 14.5. The van der Waals surface area contributed by atoms with Gasteiger partial charge in [-0.25, -0.2) is 4.79 Å². The van der Waals surface area contributed by atoms with Crippen molar-refractivity contribution in [3.63, 3.8) is 0 Å². The molecule has 0 spiro atoms. The average Bonchev–Trinajstić information content (AvgIpc) is 2.29. The first-order valence-electron chi connectivity index (χ1n) is 5.15. The van der Waals surface area contributed by atoms with Crippen molar-refractivity contribution in [3.05, 3.63) is 23.2 Å². The number of carbonyl (C=O) groups excluding carboxylic acids is 1. The summed E-state index contributed by atoms with van der Waals surface area (Å²) in [4.78, 5) is 11.1. The molecule has 0 heterocycles. The fourth-order valence-corrected chi connectivity index (χ4v) is 1.63. The number of methoxy groups -OCH3 is 1. The number of nitrogens with one attached hydrogen (secondary N) is 2. The summed E-state index contributed by atoms with van der Waals surface area (Å²) in [6, 6.07) is 5.06. The molecule has 0 radical (unpaired) electrons. The predicted molar refractivity (Wildman–Crippen MR) is 74.4 cm³/mol. The van der Waals surface area contributed by atoms with E-state index in [1.807, 2.05) is 0 Å². The number of hydrogen-bond acceptors (Lipinski definition) is 4. The van der Waals surface area contributed by atoms with Gasteiger partial charge < -0.3 is 14.8 Å². The molecule has 0 aromatic heterocycles. The van der Waals surface area contributed by atoms with Crippen LogP contribution in [0.3, 0.4) is 0 Å².